The van der Waals surface area contributed by atoms with E-state index >= 15 is 0 Å². The van der Waals surface area contributed by atoms with Crippen LogP contribution in [0.5, 0.6) is 0 Å². The molecule has 0 amide bonds. The van der Waals surface area contributed by atoms with Gasteiger partial charge in [0.15, 0.2) is 0 Å². The first kappa shape index (κ1) is 13.5. The van der Waals surface area contributed by atoms with E-state index in [4.69, 9.17) is 4.42 Å². The predicted molar refractivity (Wildman–Crippen MR) is 87.0 cm³/mol. The van der Waals surface area contributed by atoms with Gasteiger partial charge in [-0.05, 0) is 17.7 Å². The van der Waals surface area contributed by atoms with E-state index in [1.165, 1.54) is 6.07 Å². The molecule has 2 aromatic carbocycles. The largest absolute Gasteiger partial charge is 0.423 e. The molecule has 23 heavy (non-hydrogen) atoms. The van der Waals surface area contributed by atoms with Crippen LogP contribution in [0.2, 0.25) is 0 Å². The van der Waals surface area contributed by atoms with Crippen molar-refractivity contribution in [3.63, 3.8) is 0 Å². The quantitative estimate of drug-likeness (QED) is 0.546. The molecule has 0 unspecified atom stereocenters. The van der Waals surface area contributed by atoms with Crippen LogP contribution < -0.4 is 5.63 Å². The van der Waals surface area contributed by atoms with Crippen LogP contribution in [0.3, 0.4) is 0 Å². The van der Waals surface area contributed by atoms with E-state index in [1.54, 1.807) is 10.7 Å². The number of fused-ring (bicyclic) bond motifs is 1. The molecule has 0 radical (unpaired) electrons. The van der Waals surface area contributed by atoms with Crippen molar-refractivity contribution in [2.45, 2.75) is 6.54 Å². The zero-order valence-corrected chi connectivity index (χ0v) is 12.2. The average molecular weight is 303 g/mol. The molecule has 4 rings (SSSR count). The summed E-state index contributed by atoms with van der Waals surface area (Å²) in [5.41, 5.74) is 2.96. The summed E-state index contributed by atoms with van der Waals surface area (Å²) < 4.78 is 7.00. The van der Waals surface area contributed by atoms with Gasteiger partial charge in [-0.25, -0.2) is 9.48 Å². The number of aromatic nitrogens is 3. The van der Waals surface area contributed by atoms with Crippen molar-refractivity contribution in [2.75, 3.05) is 0 Å². The number of benzene rings is 2. The summed E-state index contributed by atoms with van der Waals surface area (Å²) in [5, 5.41) is 9.24. The third-order valence-corrected chi connectivity index (χ3v) is 3.64. The molecule has 0 atom stereocenters. The Balaban J connectivity index is 1.67. The van der Waals surface area contributed by atoms with Crippen LogP contribution in [0.1, 0.15) is 5.56 Å². The van der Waals surface area contributed by atoms with Gasteiger partial charge in [0, 0.05) is 17.0 Å². The molecular weight excluding hydrogens is 290 g/mol. The van der Waals surface area contributed by atoms with Gasteiger partial charge in [-0.2, -0.15) is 0 Å². The predicted octanol–water partition coefficient (Wildman–Crippen LogP) is 3.10. The molecule has 0 aliphatic rings. The Morgan fingerprint density at radius 3 is 2.70 bits per heavy atom. The summed E-state index contributed by atoms with van der Waals surface area (Å²) in [7, 11) is 0. The van der Waals surface area contributed by atoms with Gasteiger partial charge in [0.1, 0.15) is 11.3 Å². The van der Waals surface area contributed by atoms with Crippen LogP contribution in [0.4, 0.5) is 0 Å². The van der Waals surface area contributed by atoms with Crippen molar-refractivity contribution in [2.24, 2.45) is 0 Å². The molecule has 0 aliphatic heterocycles. The highest BCUT2D eigenvalue weighted by Gasteiger charge is 2.06. The highest BCUT2D eigenvalue weighted by molar-refractivity contribution is 5.81. The lowest BCUT2D eigenvalue weighted by Gasteiger charge is -2.00. The standard InChI is InChI=1S/C18H13N3O2/c22-18-9-8-14-6-7-15(10-17(14)23-18)16-12-21(20-19-16)11-13-4-2-1-3-5-13/h1-10,12H,11H2. The minimum Gasteiger partial charge on any atom is -0.423 e. The fourth-order valence-electron chi connectivity index (χ4n) is 2.50. The first-order valence-electron chi connectivity index (χ1n) is 7.26. The minimum atomic E-state index is -0.359. The van der Waals surface area contributed by atoms with Crippen molar-refractivity contribution < 1.29 is 4.42 Å². The van der Waals surface area contributed by atoms with Crippen molar-refractivity contribution in [3.8, 4) is 11.3 Å². The maximum atomic E-state index is 11.3. The molecular formula is C18H13N3O2. The topological polar surface area (TPSA) is 60.9 Å². The highest BCUT2D eigenvalue weighted by atomic mass is 16.4. The summed E-state index contributed by atoms with van der Waals surface area (Å²) in [5.74, 6) is 0. The molecule has 2 heterocycles. The van der Waals surface area contributed by atoms with E-state index in [2.05, 4.69) is 10.3 Å². The Morgan fingerprint density at radius 1 is 1.00 bits per heavy atom. The Labute approximate surface area is 131 Å². The van der Waals surface area contributed by atoms with Gasteiger partial charge >= 0.3 is 5.63 Å². The number of hydrogen-bond donors (Lipinski definition) is 0. The summed E-state index contributed by atoms with van der Waals surface area (Å²) >= 11 is 0. The maximum absolute atomic E-state index is 11.3. The third kappa shape index (κ3) is 2.76. The van der Waals surface area contributed by atoms with Crippen molar-refractivity contribution >= 4 is 11.0 Å². The van der Waals surface area contributed by atoms with Gasteiger partial charge in [0.25, 0.3) is 0 Å². The molecule has 4 aromatic rings. The highest BCUT2D eigenvalue weighted by Crippen LogP contribution is 2.22. The summed E-state index contributed by atoms with van der Waals surface area (Å²) in [6.07, 6.45) is 1.88. The van der Waals surface area contributed by atoms with Crippen LogP contribution in [0.25, 0.3) is 22.2 Å². The van der Waals surface area contributed by atoms with Gasteiger partial charge < -0.3 is 4.42 Å². The van der Waals surface area contributed by atoms with Crippen molar-refractivity contribution in [1.82, 2.24) is 15.0 Å². The summed E-state index contributed by atoms with van der Waals surface area (Å²) in [4.78, 5) is 11.3. The normalized spacial score (nSPS) is 11.0. The molecule has 5 heteroatoms. The first-order chi connectivity index (χ1) is 11.3. The molecule has 0 aliphatic carbocycles. The Morgan fingerprint density at radius 2 is 1.83 bits per heavy atom. The van der Waals surface area contributed by atoms with E-state index in [0.717, 1.165) is 22.2 Å². The number of nitrogens with zero attached hydrogens (tertiary/aromatic N) is 3. The molecule has 0 fully saturated rings. The second kappa shape index (κ2) is 5.53. The van der Waals surface area contributed by atoms with Crippen LogP contribution in [0.15, 0.2) is 76.1 Å². The molecule has 112 valence electrons. The summed E-state index contributed by atoms with van der Waals surface area (Å²) in [6.45, 7) is 0.663. The minimum absolute atomic E-state index is 0.359. The average Bonchev–Trinajstić information content (AvgIpc) is 3.03. The van der Waals surface area contributed by atoms with Gasteiger partial charge in [-0.1, -0.05) is 47.7 Å². The Bertz CT molecular complexity index is 1020. The van der Waals surface area contributed by atoms with Crippen LogP contribution in [-0.4, -0.2) is 15.0 Å². The molecule has 0 bridgehead atoms. The molecule has 0 N–H and O–H groups in total. The fraction of sp³-hybridized carbons (Fsp3) is 0.0556. The van der Waals surface area contributed by atoms with Crippen LogP contribution in [0, 0.1) is 0 Å². The SMILES string of the molecule is O=c1ccc2ccc(-c3cn(Cc4ccccc4)nn3)cc2o1. The van der Waals surface area contributed by atoms with E-state index in [1.807, 2.05) is 54.7 Å². The molecule has 0 saturated carbocycles. The van der Waals surface area contributed by atoms with Crippen molar-refractivity contribution in [3.05, 3.63) is 82.8 Å². The summed E-state index contributed by atoms with van der Waals surface area (Å²) in [6, 6.07) is 18.9. The number of rotatable bonds is 3. The Hall–Kier alpha value is -3.21. The van der Waals surface area contributed by atoms with Gasteiger partial charge in [-0.3, -0.25) is 0 Å². The molecule has 0 saturated heterocycles. The molecule has 0 spiro atoms. The Kier molecular flexibility index (Phi) is 3.24. The van der Waals surface area contributed by atoms with Crippen molar-refractivity contribution in [1.29, 1.82) is 0 Å². The van der Waals surface area contributed by atoms with E-state index < -0.39 is 0 Å². The van der Waals surface area contributed by atoms with Crippen LogP contribution >= 0.6 is 0 Å². The zero-order chi connectivity index (χ0) is 15.6. The van der Waals surface area contributed by atoms with Gasteiger partial charge in [0.2, 0.25) is 0 Å². The molecule has 2 aromatic heterocycles. The monoisotopic (exact) mass is 303 g/mol. The van der Waals surface area contributed by atoms with E-state index in [-0.39, 0.29) is 5.63 Å². The lowest BCUT2D eigenvalue weighted by molar-refractivity contribution is 0.561. The van der Waals surface area contributed by atoms with Crippen LogP contribution in [-0.2, 0) is 6.54 Å². The lowest BCUT2D eigenvalue weighted by atomic mass is 10.1. The second-order valence-electron chi connectivity index (χ2n) is 5.29. The lowest BCUT2D eigenvalue weighted by Crippen LogP contribution is -1.99. The van der Waals surface area contributed by atoms with Gasteiger partial charge in [-0.15, -0.1) is 5.10 Å². The van der Waals surface area contributed by atoms with Gasteiger partial charge in [0.05, 0.1) is 12.7 Å². The zero-order valence-electron chi connectivity index (χ0n) is 12.2. The first-order valence-corrected chi connectivity index (χ1v) is 7.26. The maximum Gasteiger partial charge on any atom is 0.336 e. The number of hydrogen-bond acceptors (Lipinski definition) is 4. The second-order valence-corrected chi connectivity index (χ2v) is 5.29. The third-order valence-electron chi connectivity index (χ3n) is 3.64. The fourth-order valence-corrected chi connectivity index (χ4v) is 2.50. The smallest absolute Gasteiger partial charge is 0.336 e. The molecule has 5 nitrogen and oxygen atoms in total. The van der Waals surface area contributed by atoms with E-state index in [9.17, 15) is 4.79 Å². The van der Waals surface area contributed by atoms with E-state index in [0.29, 0.717) is 12.1 Å².